The molecule has 3 aliphatic carbocycles. The average molecular weight is 950 g/mol. The summed E-state index contributed by atoms with van der Waals surface area (Å²) < 4.78 is 7.19. The smallest absolute Gasteiger partial charge is 0.0992 e. The van der Waals surface area contributed by atoms with E-state index in [4.69, 9.17) is 11.5 Å². The summed E-state index contributed by atoms with van der Waals surface area (Å²) >= 11 is 0. The molecule has 3 heterocycles. The third-order valence-electron chi connectivity index (χ3n) is 15.8. The zero-order valence-electron chi connectivity index (χ0n) is 40.3. The molecule has 0 amide bonds. The Hall–Kier alpha value is -9.77. The van der Waals surface area contributed by atoms with Crippen molar-refractivity contribution in [3.63, 3.8) is 0 Å². The lowest BCUT2D eigenvalue weighted by molar-refractivity contribution is 0.648. The Morgan fingerprint density at radius 2 is 1.14 bits per heavy atom. The lowest BCUT2D eigenvalue weighted by Crippen LogP contribution is -2.21. The Morgan fingerprint density at radius 3 is 1.82 bits per heavy atom. The second kappa shape index (κ2) is 16.1. The lowest BCUT2D eigenvalue weighted by atomic mass is 9.82. The quantitative estimate of drug-likeness (QED) is 0.162. The number of hydrogen-bond acceptors (Lipinski definition) is 4. The fourth-order valence-corrected chi connectivity index (χ4v) is 12.4. The van der Waals surface area contributed by atoms with Gasteiger partial charge in [-0.2, -0.15) is 5.26 Å². The number of hydrogen-bond donors (Lipinski definition) is 2. The lowest BCUT2D eigenvalue weighted by Gasteiger charge is -2.32. The third-order valence-corrected chi connectivity index (χ3v) is 15.8. The van der Waals surface area contributed by atoms with Crippen LogP contribution in [0.2, 0.25) is 0 Å². The summed E-state index contributed by atoms with van der Waals surface area (Å²) in [4.78, 5) is 2.44. The maximum atomic E-state index is 10.0. The maximum absolute atomic E-state index is 10.0. The molecule has 7 heteroatoms. The van der Waals surface area contributed by atoms with Gasteiger partial charge in [0.25, 0.3) is 0 Å². The molecule has 3 aromatic heterocycles. The van der Waals surface area contributed by atoms with E-state index in [1.165, 1.54) is 38.4 Å². The van der Waals surface area contributed by atoms with E-state index < -0.39 is 0 Å². The topological polar surface area (TPSA) is 93.9 Å². The van der Waals surface area contributed by atoms with Crippen molar-refractivity contribution in [1.82, 2.24) is 13.7 Å². The van der Waals surface area contributed by atoms with Crippen molar-refractivity contribution in [2.45, 2.75) is 18.9 Å². The van der Waals surface area contributed by atoms with Crippen LogP contribution in [0.3, 0.4) is 0 Å². The summed E-state index contributed by atoms with van der Waals surface area (Å²) in [7, 11) is 0. The fourth-order valence-electron chi connectivity index (χ4n) is 12.4. The van der Waals surface area contributed by atoms with E-state index in [2.05, 4.69) is 231 Å². The molecule has 74 heavy (non-hydrogen) atoms. The molecule has 0 radical (unpaired) electrons. The van der Waals surface area contributed by atoms with Crippen LogP contribution >= 0.6 is 0 Å². The van der Waals surface area contributed by atoms with Gasteiger partial charge in [-0.3, -0.25) is 0 Å². The van der Waals surface area contributed by atoms with Crippen molar-refractivity contribution < 1.29 is 0 Å². The number of anilines is 4. The van der Waals surface area contributed by atoms with Crippen LogP contribution in [0.5, 0.6) is 0 Å². The molecular formula is C67H47N7. The van der Waals surface area contributed by atoms with Crippen LogP contribution in [0.25, 0.3) is 93.5 Å². The van der Waals surface area contributed by atoms with Crippen molar-refractivity contribution in [3.05, 3.63) is 247 Å². The molecule has 0 saturated carbocycles. The highest BCUT2D eigenvalue weighted by Crippen LogP contribution is 2.45. The second-order valence-electron chi connectivity index (χ2n) is 20.1. The minimum absolute atomic E-state index is 0.120. The zero-order valence-corrected chi connectivity index (χ0v) is 40.3. The van der Waals surface area contributed by atoms with Gasteiger partial charge in [-0.05, 0) is 161 Å². The van der Waals surface area contributed by atoms with Crippen LogP contribution in [0, 0.1) is 17.2 Å². The maximum Gasteiger partial charge on any atom is 0.0992 e. The van der Waals surface area contributed by atoms with E-state index in [9.17, 15) is 5.26 Å². The number of nitrogen functional groups attached to an aromatic ring is 2. The van der Waals surface area contributed by atoms with E-state index in [0.29, 0.717) is 5.56 Å². The van der Waals surface area contributed by atoms with Crippen molar-refractivity contribution in [2.24, 2.45) is 5.92 Å². The van der Waals surface area contributed by atoms with Crippen molar-refractivity contribution in [1.29, 1.82) is 5.26 Å². The first kappa shape index (κ1) is 42.0. The Bertz CT molecular complexity index is 4590. The van der Waals surface area contributed by atoms with Gasteiger partial charge < -0.3 is 30.1 Å². The number of allylic oxidation sites excluding steroid dienone is 8. The molecule has 7 nitrogen and oxygen atoms in total. The summed E-state index contributed by atoms with van der Waals surface area (Å²) in [6, 6.07) is 65.6. The van der Waals surface area contributed by atoms with Crippen LogP contribution < -0.4 is 16.4 Å². The largest absolute Gasteiger partial charge is 0.399 e. The van der Waals surface area contributed by atoms with E-state index in [1.807, 2.05) is 18.2 Å². The number of nitriles is 1. The molecule has 2 unspecified atom stereocenters. The fraction of sp³-hybridized carbons (Fsp3) is 0.0597. The number of aromatic nitrogens is 3. The SMILES string of the molecule is N#Cc1ccc2c3cc4ccc(N(C5=CC6Cc7c(c8ccc(N)cc8n7-c7ccccc7)C=C6C=C5)c5ccc6cc7c8ccc(N)cc8n(-c8ccccc8)c7cc6c5)cc4cc3n(C3C=CC=CC3)c2c1. The highest BCUT2D eigenvalue weighted by molar-refractivity contribution is 6.15. The molecule has 0 saturated heterocycles. The van der Waals surface area contributed by atoms with Crippen LogP contribution in [0.1, 0.15) is 29.3 Å². The molecule has 15 rings (SSSR count). The molecule has 9 aromatic carbocycles. The highest BCUT2D eigenvalue weighted by atomic mass is 15.1. The number of fused-ring (bicyclic) bond motifs is 12. The van der Waals surface area contributed by atoms with Gasteiger partial charge in [0.1, 0.15) is 0 Å². The normalized spacial score (nSPS) is 16.1. The Balaban J connectivity index is 0.930. The highest BCUT2D eigenvalue weighted by Gasteiger charge is 2.30. The van der Waals surface area contributed by atoms with Crippen molar-refractivity contribution in [2.75, 3.05) is 16.4 Å². The molecule has 0 spiro atoms. The number of rotatable bonds is 6. The number of nitrogens with zero attached hydrogens (tertiary/aromatic N) is 5. The summed E-state index contributed by atoms with van der Waals surface area (Å²) in [6.07, 6.45) is 20.0. The van der Waals surface area contributed by atoms with Gasteiger partial charge >= 0.3 is 0 Å². The van der Waals surface area contributed by atoms with Gasteiger partial charge in [-0.1, -0.05) is 103 Å². The molecule has 3 aliphatic rings. The first-order valence-electron chi connectivity index (χ1n) is 25.4. The molecule has 4 N–H and O–H groups in total. The summed E-state index contributed by atoms with van der Waals surface area (Å²) in [5, 5.41) is 20.5. The second-order valence-corrected chi connectivity index (χ2v) is 20.1. The van der Waals surface area contributed by atoms with Crippen LogP contribution in [0.15, 0.2) is 230 Å². The minimum atomic E-state index is 0.120. The van der Waals surface area contributed by atoms with E-state index in [-0.39, 0.29) is 12.0 Å². The Kier molecular flexibility index (Phi) is 9.14. The van der Waals surface area contributed by atoms with Crippen molar-refractivity contribution >= 4 is 105 Å². The molecule has 0 aliphatic heterocycles. The van der Waals surface area contributed by atoms with Crippen LogP contribution in [-0.4, -0.2) is 13.7 Å². The van der Waals surface area contributed by atoms with Crippen LogP contribution in [-0.2, 0) is 6.42 Å². The van der Waals surface area contributed by atoms with Gasteiger partial charge in [-0.15, -0.1) is 0 Å². The van der Waals surface area contributed by atoms with E-state index >= 15 is 0 Å². The zero-order chi connectivity index (χ0) is 49.2. The van der Waals surface area contributed by atoms with Gasteiger partial charge in [-0.25, -0.2) is 0 Å². The first-order chi connectivity index (χ1) is 36.4. The minimum Gasteiger partial charge on any atom is -0.399 e. The number of nitrogens with two attached hydrogens (primary N) is 2. The predicted molar refractivity (Wildman–Crippen MR) is 309 cm³/mol. The Morgan fingerprint density at radius 1 is 0.527 bits per heavy atom. The standard InChI is InChI=1S/C67H47N7/c68-40-41-16-25-56-59-32-42-17-22-53(29-45(42)35-63(59)72(62(56)28-41)50-10-4-1-5-11-50)71(54-23-18-43-33-60-57-26-20-48(69)38-66(57)73(51-12-6-2-7-13-51)64(60)36-46(43)30-54)55-24-19-44-34-61-58-27-21-49(70)39-67(58)74(52-14-8-3-9-15-52)65(61)37-47(44)31-55/h1-10,12-36,38-39,47,50H,11,37,69-70H2. The van der Waals surface area contributed by atoms with Gasteiger partial charge in [0, 0.05) is 83.9 Å². The molecule has 350 valence electrons. The molecule has 0 bridgehead atoms. The Labute approximate surface area is 427 Å². The predicted octanol–water partition coefficient (Wildman–Crippen LogP) is 16.1. The van der Waals surface area contributed by atoms with Crippen LogP contribution in [0.4, 0.5) is 22.7 Å². The van der Waals surface area contributed by atoms with Crippen molar-refractivity contribution in [3.8, 4) is 17.4 Å². The molecule has 12 aromatic rings. The van der Waals surface area contributed by atoms with Gasteiger partial charge in [0.15, 0.2) is 0 Å². The molecule has 2 atom stereocenters. The first-order valence-corrected chi connectivity index (χ1v) is 25.4. The molecule has 0 fully saturated rings. The monoisotopic (exact) mass is 949 g/mol. The van der Waals surface area contributed by atoms with Gasteiger partial charge in [0.2, 0.25) is 0 Å². The molecular weight excluding hydrogens is 903 g/mol. The van der Waals surface area contributed by atoms with Gasteiger partial charge in [0.05, 0.1) is 45.3 Å². The summed E-state index contributed by atoms with van der Waals surface area (Å²) in [5.41, 5.74) is 30.0. The summed E-state index contributed by atoms with van der Waals surface area (Å²) in [6.45, 7) is 0. The van der Waals surface area contributed by atoms with E-state index in [1.54, 1.807) is 0 Å². The number of benzene rings is 9. The number of para-hydroxylation sites is 2. The third kappa shape index (κ3) is 6.45. The average Bonchev–Trinajstić information content (AvgIpc) is 4.04. The summed E-state index contributed by atoms with van der Waals surface area (Å²) in [5.74, 6) is 0.120. The van der Waals surface area contributed by atoms with E-state index in [0.717, 1.165) is 107 Å².